The molecule has 1 fully saturated rings. The summed E-state index contributed by atoms with van der Waals surface area (Å²) < 4.78 is 47.1. The molecule has 0 bridgehead atoms. The van der Waals surface area contributed by atoms with Gasteiger partial charge >= 0.3 is 10.1 Å². The van der Waals surface area contributed by atoms with Crippen molar-refractivity contribution in [3.63, 3.8) is 0 Å². The van der Waals surface area contributed by atoms with Gasteiger partial charge in [0.1, 0.15) is 11.5 Å². The lowest BCUT2D eigenvalue weighted by Gasteiger charge is -2.14. The van der Waals surface area contributed by atoms with Gasteiger partial charge in [-0.2, -0.15) is 8.42 Å². The Kier molecular flexibility index (Phi) is 8.73. The highest BCUT2D eigenvalue weighted by atomic mass is 35.5. The van der Waals surface area contributed by atoms with Crippen molar-refractivity contribution >= 4 is 50.7 Å². The average molecular weight is 590 g/mol. The molecule has 0 radical (unpaired) electrons. The molecule has 2 amide bonds. The van der Waals surface area contributed by atoms with Gasteiger partial charge in [-0.15, -0.1) is 0 Å². The molecule has 0 spiro atoms. The van der Waals surface area contributed by atoms with E-state index in [1.807, 2.05) is 6.92 Å². The third-order valence-electron chi connectivity index (χ3n) is 5.57. The zero-order valence-electron chi connectivity index (χ0n) is 21.2. The normalized spacial score (nSPS) is 14.6. The third kappa shape index (κ3) is 6.49. The first-order chi connectivity index (χ1) is 18.6. The van der Waals surface area contributed by atoms with Crippen molar-refractivity contribution in [1.29, 1.82) is 0 Å². The molecular weight excluding hydrogens is 566 g/mol. The minimum Gasteiger partial charge on any atom is -0.493 e. The van der Waals surface area contributed by atoms with Gasteiger partial charge in [-0.1, -0.05) is 41.4 Å². The minimum atomic E-state index is -4.19. The summed E-state index contributed by atoms with van der Waals surface area (Å²) in [6, 6.07) is 16.1. The largest absolute Gasteiger partial charge is 0.493 e. The number of halogens is 1. The summed E-state index contributed by atoms with van der Waals surface area (Å²) in [5.41, 5.74) is 1.30. The summed E-state index contributed by atoms with van der Waals surface area (Å²) in [5.74, 6) is 0.380. The number of hydrogen-bond acceptors (Lipinski definition) is 9. The van der Waals surface area contributed by atoms with E-state index in [1.165, 1.54) is 44.6 Å². The molecule has 0 aromatic heterocycles. The summed E-state index contributed by atoms with van der Waals surface area (Å²) in [5, 5.41) is -0.502. The molecule has 0 unspecified atom stereocenters. The van der Waals surface area contributed by atoms with Crippen LogP contribution in [0.1, 0.15) is 11.1 Å². The number of methoxy groups -OCH3 is 2. The van der Waals surface area contributed by atoms with Crippen LogP contribution in [0.15, 0.2) is 70.5 Å². The van der Waals surface area contributed by atoms with Gasteiger partial charge < -0.3 is 18.4 Å². The van der Waals surface area contributed by atoms with E-state index in [9.17, 15) is 18.0 Å². The standard InChI is InChI=1S/C27H24ClNO8S2/c1-17-8-10-19(11-9-17)39(32,33)37-25-20(28)14-18(15-23(25)35-3)16-24-26(30)29(27(31)38-24)12-13-36-22-7-5-4-6-21(22)34-2/h4-11,14-16H,12-13H2,1-3H3/b24-16-. The van der Waals surface area contributed by atoms with E-state index in [-0.39, 0.29) is 39.5 Å². The van der Waals surface area contributed by atoms with Crippen molar-refractivity contribution in [2.75, 3.05) is 27.4 Å². The number of ether oxygens (including phenoxy) is 3. The molecule has 1 aliphatic heterocycles. The van der Waals surface area contributed by atoms with Gasteiger partial charge in [0.25, 0.3) is 11.1 Å². The van der Waals surface area contributed by atoms with E-state index in [0.29, 0.717) is 17.1 Å². The minimum absolute atomic E-state index is 0.0355. The van der Waals surface area contributed by atoms with Crippen LogP contribution in [0.25, 0.3) is 6.08 Å². The zero-order valence-corrected chi connectivity index (χ0v) is 23.6. The molecular formula is C27H24ClNO8S2. The van der Waals surface area contributed by atoms with E-state index in [4.69, 9.17) is 30.0 Å². The Labute approximate surface area is 235 Å². The second kappa shape index (κ2) is 12.0. The van der Waals surface area contributed by atoms with Crippen LogP contribution >= 0.6 is 23.4 Å². The number of carbonyl (C=O) groups is 2. The Balaban J connectivity index is 1.50. The highest BCUT2D eigenvalue weighted by Crippen LogP contribution is 2.40. The number of rotatable bonds is 10. The Morgan fingerprint density at radius 3 is 2.28 bits per heavy atom. The van der Waals surface area contributed by atoms with Crippen LogP contribution in [0.4, 0.5) is 4.79 Å². The molecule has 0 saturated carbocycles. The van der Waals surface area contributed by atoms with E-state index in [1.54, 1.807) is 36.4 Å². The van der Waals surface area contributed by atoms with Crippen LogP contribution in [0.2, 0.25) is 5.02 Å². The van der Waals surface area contributed by atoms with Crippen LogP contribution in [-0.2, 0) is 14.9 Å². The van der Waals surface area contributed by atoms with Gasteiger partial charge in [0.2, 0.25) is 5.75 Å². The maximum atomic E-state index is 12.9. The van der Waals surface area contributed by atoms with E-state index >= 15 is 0 Å². The summed E-state index contributed by atoms with van der Waals surface area (Å²) in [6.07, 6.45) is 1.47. The Morgan fingerprint density at radius 2 is 1.62 bits per heavy atom. The lowest BCUT2D eigenvalue weighted by molar-refractivity contribution is -0.123. The maximum absolute atomic E-state index is 12.9. The van der Waals surface area contributed by atoms with Crippen molar-refractivity contribution in [1.82, 2.24) is 4.90 Å². The van der Waals surface area contributed by atoms with Crippen LogP contribution in [0.3, 0.4) is 0 Å². The second-order valence-corrected chi connectivity index (χ2v) is 11.2. The van der Waals surface area contributed by atoms with Crippen molar-refractivity contribution in [2.24, 2.45) is 0 Å². The number of carbonyl (C=O) groups excluding carboxylic acids is 2. The predicted octanol–water partition coefficient (Wildman–Crippen LogP) is 5.55. The molecule has 1 saturated heterocycles. The first-order valence-corrected chi connectivity index (χ1v) is 14.1. The molecule has 9 nitrogen and oxygen atoms in total. The second-order valence-electron chi connectivity index (χ2n) is 8.22. The Hall–Kier alpha value is -3.67. The number of imide groups is 1. The lowest BCUT2D eigenvalue weighted by atomic mass is 10.2. The molecule has 3 aromatic rings. The van der Waals surface area contributed by atoms with Crippen LogP contribution in [-0.4, -0.2) is 51.8 Å². The molecule has 0 atom stereocenters. The third-order valence-corrected chi connectivity index (χ3v) is 7.99. The average Bonchev–Trinajstić information content (AvgIpc) is 3.17. The van der Waals surface area contributed by atoms with Gasteiger partial charge in [0, 0.05) is 0 Å². The number of thioether (sulfide) groups is 1. The fraction of sp³-hybridized carbons (Fsp3) is 0.185. The fourth-order valence-corrected chi connectivity index (χ4v) is 5.72. The number of nitrogens with zero attached hydrogens (tertiary/aromatic N) is 1. The molecule has 0 aliphatic carbocycles. The molecule has 0 N–H and O–H groups in total. The van der Waals surface area contributed by atoms with Crippen molar-refractivity contribution in [3.05, 3.63) is 81.7 Å². The zero-order chi connectivity index (χ0) is 28.2. The van der Waals surface area contributed by atoms with Gasteiger partial charge in [-0.3, -0.25) is 14.5 Å². The van der Waals surface area contributed by atoms with Gasteiger partial charge in [-0.05, 0) is 66.7 Å². The Bertz CT molecular complexity index is 1540. The molecule has 3 aromatic carbocycles. The molecule has 1 aliphatic rings. The van der Waals surface area contributed by atoms with E-state index in [2.05, 4.69) is 0 Å². The van der Waals surface area contributed by atoms with Crippen LogP contribution < -0.4 is 18.4 Å². The number of benzene rings is 3. The smallest absolute Gasteiger partial charge is 0.339 e. The monoisotopic (exact) mass is 589 g/mol. The molecule has 1 heterocycles. The van der Waals surface area contributed by atoms with Crippen molar-refractivity contribution < 1.29 is 36.4 Å². The molecule has 39 heavy (non-hydrogen) atoms. The molecule has 204 valence electrons. The van der Waals surface area contributed by atoms with Crippen molar-refractivity contribution in [3.8, 4) is 23.0 Å². The highest BCUT2D eigenvalue weighted by molar-refractivity contribution is 8.18. The van der Waals surface area contributed by atoms with Gasteiger partial charge in [0.15, 0.2) is 17.2 Å². The van der Waals surface area contributed by atoms with Crippen LogP contribution in [0, 0.1) is 6.92 Å². The highest BCUT2D eigenvalue weighted by Gasteiger charge is 2.35. The SMILES string of the molecule is COc1ccccc1OCCN1C(=O)S/C(=C\c2cc(Cl)c(OS(=O)(=O)c3ccc(C)cc3)c(OC)c2)C1=O. The lowest BCUT2D eigenvalue weighted by Crippen LogP contribution is -2.32. The van der Waals surface area contributed by atoms with Gasteiger partial charge in [-0.25, -0.2) is 0 Å². The van der Waals surface area contributed by atoms with E-state index < -0.39 is 21.3 Å². The summed E-state index contributed by atoms with van der Waals surface area (Å²) >= 11 is 7.14. The molecule has 12 heteroatoms. The number of aryl methyl sites for hydroxylation is 1. The molecule has 4 rings (SSSR count). The first-order valence-electron chi connectivity index (χ1n) is 11.5. The van der Waals surface area contributed by atoms with E-state index in [0.717, 1.165) is 22.2 Å². The quantitative estimate of drug-likeness (QED) is 0.222. The predicted molar refractivity (Wildman–Crippen MR) is 148 cm³/mol. The summed E-state index contributed by atoms with van der Waals surface area (Å²) in [6.45, 7) is 1.95. The summed E-state index contributed by atoms with van der Waals surface area (Å²) in [7, 11) is -1.34. The topological polar surface area (TPSA) is 108 Å². The number of amides is 2. The van der Waals surface area contributed by atoms with Crippen LogP contribution in [0.5, 0.6) is 23.0 Å². The van der Waals surface area contributed by atoms with Gasteiger partial charge in [0.05, 0.1) is 30.7 Å². The maximum Gasteiger partial charge on any atom is 0.339 e. The van der Waals surface area contributed by atoms with Crippen molar-refractivity contribution in [2.45, 2.75) is 11.8 Å². The Morgan fingerprint density at radius 1 is 0.949 bits per heavy atom. The first kappa shape index (κ1) is 28.3. The number of para-hydroxylation sites is 2. The summed E-state index contributed by atoms with van der Waals surface area (Å²) in [4.78, 5) is 26.6. The number of hydrogen-bond donors (Lipinski definition) is 0. The fourth-order valence-electron chi connectivity index (χ4n) is 3.60.